The molecule has 1 aliphatic rings. The number of hydrogen-bond acceptors (Lipinski definition) is 4. The van der Waals surface area contributed by atoms with E-state index in [9.17, 15) is 19.8 Å². The largest absolute Gasteiger partial charge is 0.478 e. The molecule has 0 saturated heterocycles. The van der Waals surface area contributed by atoms with Crippen molar-refractivity contribution in [3.63, 3.8) is 0 Å². The highest BCUT2D eigenvalue weighted by atomic mass is 16.4. The van der Waals surface area contributed by atoms with Crippen LogP contribution in [0.2, 0.25) is 0 Å². The number of fused-ring (bicyclic) bond motifs is 3. The van der Waals surface area contributed by atoms with Crippen molar-refractivity contribution in [3.05, 3.63) is 57.6 Å². The van der Waals surface area contributed by atoms with Crippen LogP contribution in [-0.2, 0) is 19.3 Å². The summed E-state index contributed by atoms with van der Waals surface area (Å²) in [6.07, 6.45) is 13.4. The van der Waals surface area contributed by atoms with Gasteiger partial charge in [-0.1, -0.05) is 59.4 Å². The summed E-state index contributed by atoms with van der Waals surface area (Å²) in [6.45, 7) is 15.3. The second kappa shape index (κ2) is 18.2. The fourth-order valence-electron chi connectivity index (χ4n) is 6.52. The molecule has 6 heteroatoms. The van der Waals surface area contributed by atoms with Crippen LogP contribution in [0.15, 0.2) is 24.3 Å². The molecule has 0 aromatic heterocycles. The molecule has 0 amide bonds. The summed E-state index contributed by atoms with van der Waals surface area (Å²) in [5.41, 5.74) is 6.90. The molecule has 3 rings (SSSR count). The molecule has 0 bridgehead atoms. The Hall–Kier alpha value is -2.70. The van der Waals surface area contributed by atoms with Gasteiger partial charge in [0.1, 0.15) is 0 Å². The van der Waals surface area contributed by atoms with Gasteiger partial charge in [-0.2, -0.15) is 0 Å². The number of nitrogens with zero attached hydrogens (tertiary/aromatic N) is 2. The number of carboxylic acid groups (broad SMARTS) is 2. The molecular weight excluding hydrogens is 536 g/mol. The van der Waals surface area contributed by atoms with Crippen molar-refractivity contribution in [1.82, 2.24) is 9.80 Å². The molecule has 0 spiro atoms. The standard InChI is InChI=1S/C37H56N2O4/c1-5-9-19-38(20-10-6-2)23-13-15-28-26-33-31-18-17-29(36(40)41)25-30(31)27-34(33)32(35(28)37(42)43)16-14-24-39(21-11-7-3)22-12-8-4/h17-18,25-26H,5-16,19-24,27H2,1-4H3,(H,40,41)(H,42,43). The second-order valence-electron chi connectivity index (χ2n) is 12.4. The van der Waals surface area contributed by atoms with E-state index in [1.807, 2.05) is 6.07 Å². The SMILES string of the molecule is CCCCN(CCCC)CCCc1cc2c(c(CCCN(CCCC)CCCC)c1C(=O)O)Cc1cc(C(=O)O)ccc1-2. The minimum atomic E-state index is -0.930. The summed E-state index contributed by atoms with van der Waals surface area (Å²) < 4.78 is 0. The molecule has 1 aliphatic carbocycles. The molecule has 238 valence electrons. The highest BCUT2D eigenvalue weighted by Crippen LogP contribution is 2.42. The Morgan fingerprint density at radius 1 is 0.651 bits per heavy atom. The zero-order valence-electron chi connectivity index (χ0n) is 27.3. The molecule has 0 fully saturated rings. The van der Waals surface area contributed by atoms with Crippen LogP contribution in [0.5, 0.6) is 0 Å². The third kappa shape index (κ3) is 9.90. The Labute approximate surface area is 260 Å². The summed E-state index contributed by atoms with van der Waals surface area (Å²) in [5.74, 6) is -1.77. The third-order valence-electron chi connectivity index (χ3n) is 8.99. The number of rotatable bonds is 22. The van der Waals surface area contributed by atoms with Gasteiger partial charge in [0, 0.05) is 0 Å². The number of carboxylic acids is 2. The van der Waals surface area contributed by atoms with Crippen LogP contribution in [0.1, 0.15) is 135 Å². The fraction of sp³-hybridized carbons (Fsp3) is 0.622. The summed E-state index contributed by atoms with van der Waals surface area (Å²) in [5, 5.41) is 20.2. The first-order chi connectivity index (χ1) is 20.8. The lowest BCUT2D eigenvalue weighted by atomic mass is 9.87. The van der Waals surface area contributed by atoms with Crippen LogP contribution in [0, 0.1) is 0 Å². The topological polar surface area (TPSA) is 81.1 Å². The molecule has 0 heterocycles. The molecule has 2 aromatic carbocycles. The van der Waals surface area contributed by atoms with Crippen molar-refractivity contribution in [1.29, 1.82) is 0 Å². The Bertz CT molecular complexity index is 1180. The zero-order valence-corrected chi connectivity index (χ0v) is 27.3. The Balaban J connectivity index is 1.93. The van der Waals surface area contributed by atoms with Crippen LogP contribution in [-0.4, -0.2) is 71.2 Å². The van der Waals surface area contributed by atoms with E-state index in [1.54, 1.807) is 12.1 Å². The van der Waals surface area contributed by atoms with E-state index in [-0.39, 0.29) is 5.56 Å². The normalized spacial score (nSPS) is 12.2. The zero-order chi connectivity index (χ0) is 31.2. The van der Waals surface area contributed by atoms with E-state index in [2.05, 4.69) is 43.6 Å². The van der Waals surface area contributed by atoms with E-state index < -0.39 is 11.9 Å². The van der Waals surface area contributed by atoms with E-state index in [0.29, 0.717) is 12.0 Å². The first-order valence-electron chi connectivity index (χ1n) is 17.1. The van der Waals surface area contributed by atoms with Gasteiger partial charge in [0.2, 0.25) is 0 Å². The van der Waals surface area contributed by atoms with Crippen LogP contribution < -0.4 is 0 Å². The Morgan fingerprint density at radius 2 is 1.16 bits per heavy atom. The predicted molar refractivity (Wildman–Crippen MR) is 178 cm³/mol. The number of aromatic carboxylic acids is 2. The molecule has 0 radical (unpaired) electrons. The number of unbranched alkanes of at least 4 members (excludes halogenated alkanes) is 4. The monoisotopic (exact) mass is 592 g/mol. The minimum absolute atomic E-state index is 0.286. The number of carbonyl (C=O) groups is 2. The summed E-state index contributed by atoms with van der Waals surface area (Å²) in [4.78, 5) is 29.7. The Morgan fingerprint density at radius 3 is 1.65 bits per heavy atom. The fourth-order valence-corrected chi connectivity index (χ4v) is 6.52. The maximum absolute atomic E-state index is 12.9. The molecule has 2 N–H and O–H groups in total. The van der Waals surface area contributed by atoms with Crippen molar-refractivity contribution < 1.29 is 19.8 Å². The lowest BCUT2D eigenvalue weighted by Crippen LogP contribution is -2.28. The first-order valence-corrected chi connectivity index (χ1v) is 17.1. The lowest BCUT2D eigenvalue weighted by Gasteiger charge is -2.24. The van der Waals surface area contributed by atoms with Gasteiger partial charge in [0.25, 0.3) is 0 Å². The van der Waals surface area contributed by atoms with Crippen LogP contribution in [0.4, 0.5) is 0 Å². The van der Waals surface area contributed by atoms with Crippen molar-refractivity contribution in [2.45, 2.75) is 111 Å². The van der Waals surface area contributed by atoms with Gasteiger partial charge >= 0.3 is 11.9 Å². The number of benzene rings is 2. The molecule has 0 aliphatic heterocycles. The molecule has 2 aromatic rings. The quantitative estimate of drug-likeness (QED) is 0.122. The maximum atomic E-state index is 12.9. The molecule has 43 heavy (non-hydrogen) atoms. The maximum Gasteiger partial charge on any atom is 0.336 e. The van der Waals surface area contributed by atoms with E-state index >= 15 is 0 Å². The van der Waals surface area contributed by atoms with Gasteiger partial charge in [-0.05, 0) is 149 Å². The highest BCUT2D eigenvalue weighted by molar-refractivity contribution is 5.95. The van der Waals surface area contributed by atoms with Gasteiger partial charge in [-0.25, -0.2) is 9.59 Å². The average molecular weight is 593 g/mol. The summed E-state index contributed by atoms with van der Waals surface area (Å²) in [6, 6.07) is 7.50. The first kappa shape index (κ1) is 34.8. The van der Waals surface area contributed by atoms with Crippen molar-refractivity contribution in [2.75, 3.05) is 39.3 Å². The van der Waals surface area contributed by atoms with E-state index in [4.69, 9.17) is 0 Å². The minimum Gasteiger partial charge on any atom is -0.478 e. The van der Waals surface area contributed by atoms with Crippen LogP contribution in [0.3, 0.4) is 0 Å². The highest BCUT2D eigenvalue weighted by Gasteiger charge is 2.28. The second-order valence-corrected chi connectivity index (χ2v) is 12.4. The van der Waals surface area contributed by atoms with Gasteiger partial charge in [-0.3, -0.25) is 0 Å². The van der Waals surface area contributed by atoms with E-state index in [1.165, 1.54) is 51.4 Å². The van der Waals surface area contributed by atoms with Crippen molar-refractivity contribution >= 4 is 11.9 Å². The molecule has 0 unspecified atom stereocenters. The molecule has 0 saturated carbocycles. The predicted octanol–water partition coefficient (Wildman–Crippen LogP) is 8.32. The number of aryl methyl sites for hydroxylation is 1. The van der Waals surface area contributed by atoms with E-state index in [0.717, 1.165) is 98.3 Å². The van der Waals surface area contributed by atoms with Crippen molar-refractivity contribution in [3.8, 4) is 11.1 Å². The average Bonchev–Trinajstić information content (AvgIpc) is 3.36. The number of hydrogen-bond donors (Lipinski definition) is 2. The van der Waals surface area contributed by atoms with Gasteiger partial charge in [0.05, 0.1) is 11.1 Å². The van der Waals surface area contributed by atoms with Crippen molar-refractivity contribution in [2.24, 2.45) is 0 Å². The molecule has 0 atom stereocenters. The van der Waals surface area contributed by atoms with Crippen LogP contribution >= 0.6 is 0 Å². The molecule has 6 nitrogen and oxygen atoms in total. The molecular formula is C37H56N2O4. The summed E-state index contributed by atoms with van der Waals surface area (Å²) in [7, 11) is 0. The third-order valence-corrected chi connectivity index (χ3v) is 8.99. The van der Waals surface area contributed by atoms with Gasteiger partial charge in [-0.15, -0.1) is 0 Å². The summed E-state index contributed by atoms with van der Waals surface area (Å²) >= 11 is 0. The van der Waals surface area contributed by atoms with Gasteiger partial charge < -0.3 is 20.0 Å². The Kier molecular flexibility index (Phi) is 14.7. The lowest BCUT2D eigenvalue weighted by molar-refractivity contribution is 0.0684. The smallest absolute Gasteiger partial charge is 0.336 e. The van der Waals surface area contributed by atoms with Gasteiger partial charge in [0.15, 0.2) is 0 Å². The van der Waals surface area contributed by atoms with Crippen LogP contribution in [0.25, 0.3) is 11.1 Å².